The molecule has 0 unspecified atom stereocenters. The second kappa shape index (κ2) is 6.12. The third-order valence-corrected chi connectivity index (χ3v) is 4.40. The molecule has 0 aromatic heterocycles. The van der Waals surface area contributed by atoms with Crippen LogP contribution < -0.4 is 9.47 Å². The minimum atomic E-state index is -0.790. The summed E-state index contributed by atoms with van der Waals surface area (Å²) in [6.45, 7) is 0.607. The van der Waals surface area contributed by atoms with Gasteiger partial charge in [0.15, 0.2) is 17.6 Å². The van der Waals surface area contributed by atoms with Gasteiger partial charge in [0, 0.05) is 20.0 Å². The van der Waals surface area contributed by atoms with Crippen LogP contribution in [0.2, 0.25) is 0 Å². The number of hydrogen-bond donors (Lipinski definition) is 0. The molecule has 0 saturated heterocycles. The maximum Gasteiger partial charge on any atom is 0.339 e. The number of fused-ring (bicyclic) bond motifs is 2. The van der Waals surface area contributed by atoms with Crippen molar-refractivity contribution in [3.8, 4) is 11.5 Å². The molecule has 4 rings (SSSR count). The van der Waals surface area contributed by atoms with Crippen molar-refractivity contribution < 1.29 is 23.8 Å². The predicted molar refractivity (Wildman–Crippen MR) is 88.4 cm³/mol. The van der Waals surface area contributed by atoms with Crippen molar-refractivity contribution in [2.45, 2.75) is 19.1 Å². The lowest BCUT2D eigenvalue weighted by molar-refractivity contribution is -0.140. The molecule has 25 heavy (non-hydrogen) atoms. The second-order valence-corrected chi connectivity index (χ2v) is 6.14. The number of nitrogens with zero attached hydrogens (tertiary/aromatic N) is 1. The first-order valence-corrected chi connectivity index (χ1v) is 8.04. The number of hydrogen-bond acceptors (Lipinski definition) is 5. The van der Waals surface area contributed by atoms with E-state index in [1.807, 2.05) is 30.3 Å². The first-order chi connectivity index (χ1) is 12.1. The molecule has 6 heteroatoms. The predicted octanol–water partition coefficient (Wildman–Crippen LogP) is 2.16. The molecule has 128 valence electrons. The molecule has 0 fully saturated rings. The van der Waals surface area contributed by atoms with Crippen LogP contribution in [-0.2, 0) is 22.5 Å². The standard InChI is InChI=1S/C19H17NO5/c1-20(10-12-6-7-15-16(8-12)24-11-23-15)18(21)17-9-13-4-2-3-5-14(13)19(22)25-17/h2-8,17H,9-11H2,1H3/t17-/m0/s1. The highest BCUT2D eigenvalue weighted by Gasteiger charge is 2.32. The summed E-state index contributed by atoms with van der Waals surface area (Å²) < 4.78 is 16.0. The molecule has 1 amide bonds. The van der Waals surface area contributed by atoms with Crippen LogP contribution in [0.3, 0.4) is 0 Å². The molecule has 0 spiro atoms. The molecule has 6 nitrogen and oxygen atoms in total. The molecule has 0 N–H and O–H groups in total. The van der Waals surface area contributed by atoms with Gasteiger partial charge < -0.3 is 19.1 Å². The molecule has 2 heterocycles. The molecule has 2 aliphatic rings. The van der Waals surface area contributed by atoms with Crippen LogP contribution in [-0.4, -0.2) is 36.7 Å². The van der Waals surface area contributed by atoms with Crippen LogP contribution in [0.4, 0.5) is 0 Å². The minimum absolute atomic E-state index is 0.213. The van der Waals surface area contributed by atoms with Gasteiger partial charge in [-0.25, -0.2) is 4.79 Å². The number of ether oxygens (including phenoxy) is 3. The Balaban J connectivity index is 1.47. The number of carbonyl (C=O) groups is 2. The Hall–Kier alpha value is -3.02. The zero-order chi connectivity index (χ0) is 17.4. The number of carbonyl (C=O) groups excluding carboxylic acids is 2. The van der Waals surface area contributed by atoms with Crippen LogP contribution in [0.1, 0.15) is 21.5 Å². The van der Waals surface area contributed by atoms with E-state index in [9.17, 15) is 9.59 Å². The zero-order valence-electron chi connectivity index (χ0n) is 13.7. The number of benzene rings is 2. The number of rotatable bonds is 3. The lowest BCUT2D eigenvalue weighted by Crippen LogP contribution is -2.42. The second-order valence-electron chi connectivity index (χ2n) is 6.14. The van der Waals surface area contributed by atoms with Crippen LogP contribution in [0, 0.1) is 0 Å². The van der Waals surface area contributed by atoms with Gasteiger partial charge in [0.1, 0.15) is 0 Å². The molecule has 2 aromatic carbocycles. The van der Waals surface area contributed by atoms with Gasteiger partial charge in [-0.3, -0.25) is 4.79 Å². The fraction of sp³-hybridized carbons (Fsp3) is 0.263. The smallest absolute Gasteiger partial charge is 0.339 e. The van der Waals surface area contributed by atoms with Crippen molar-refractivity contribution in [1.82, 2.24) is 4.90 Å². The average molecular weight is 339 g/mol. The van der Waals surface area contributed by atoms with Crippen LogP contribution in [0.25, 0.3) is 0 Å². The SMILES string of the molecule is CN(Cc1ccc2c(c1)OCO2)C(=O)[C@@H]1Cc2ccccc2C(=O)O1. The van der Waals surface area contributed by atoms with Gasteiger partial charge in [-0.1, -0.05) is 24.3 Å². The van der Waals surface area contributed by atoms with Crippen molar-refractivity contribution in [2.24, 2.45) is 0 Å². The lowest BCUT2D eigenvalue weighted by atomic mass is 9.98. The summed E-state index contributed by atoms with van der Waals surface area (Å²) in [5.41, 5.74) is 2.29. The summed E-state index contributed by atoms with van der Waals surface area (Å²) in [7, 11) is 1.70. The Morgan fingerprint density at radius 2 is 1.96 bits per heavy atom. The van der Waals surface area contributed by atoms with Gasteiger partial charge in [-0.15, -0.1) is 0 Å². The van der Waals surface area contributed by atoms with E-state index in [0.29, 0.717) is 30.0 Å². The van der Waals surface area contributed by atoms with E-state index in [4.69, 9.17) is 14.2 Å². The molecule has 2 aromatic rings. The molecule has 2 aliphatic heterocycles. The summed E-state index contributed by atoms with van der Waals surface area (Å²) in [5.74, 6) is 0.712. The number of cyclic esters (lactones) is 1. The van der Waals surface area contributed by atoms with Crippen molar-refractivity contribution in [1.29, 1.82) is 0 Å². The van der Waals surface area contributed by atoms with Gasteiger partial charge >= 0.3 is 5.97 Å². The quantitative estimate of drug-likeness (QED) is 0.802. The summed E-state index contributed by atoms with van der Waals surface area (Å²) in [5, 5.41) is 0. The van der Waals surface area contributed by atoms with E-state index >= 15 is 0 Å². The van der Waals surface area contributed by atoms with E-state index in [0.717, 1.165) is 11.1 Å². The van der Waals surface area contributed by atoms with E-state index in [-0.39, 0.29) is 12.7 Å². The molecule has 0 bridgehead atoms. The topological polar surface area (TPSA) is 65.1 Å². The maximum absolute atomic E-state index is 12.7. The van der Waals surface area contributed by atoms with E-state index < -0.39 is 12.1 Å². The number of amides is 1. The molecule has 0 saturated carbocycles. The first kappa shape index (κ1) is 15.5. The largest absolute Gasteiger partial charge is 0.454 e. The third kappa shape index (κ3) is 2.91. The van der Waals surface area contributed by atoms with E-state index in [1.165, 1.54) is 0 Å². The number of likely N-dealkylation sites (N-methyl/N-ethyl adjacent to an activating group) is 1. The Labute approximate surface area is 144 Å². The third-order valence-electron chi connectivity index (χ3n) is 4.40. The minimum Gasteiger partial charge on any atom is -0.454 e. The molecule has 1 atom stereocenters. The Morgan fingerprint density at radius 3 is 2.84 bits per heavy atom. The van der Waals surface area contributed by atoms with Crippen LogP contribution >= 0.6 is 0 Å². The maximum atomic E-state index is 12.7. The Morgan fingerprint density at radius 1 is 1.16 bits per heavy atom. The van der Waals surface area contributed by atoms with Crippen LogP contribution in [0.5, 0.6) is 11.5 Å². The molecular formula is C19H17NO5. The number of esters is 1. The van der Waals surface area contributed by atoms with Crippen LogP contribution in [0.15, 0.2) is 42.5 Å². The fourth-order valence-corrected chi connectivity index (χ4v) is 3.11. The first-order valence-electron chi connectivity index (χ1n) is 8.04. The summed E-state index contributed by atoms with van der Waals surface area (Å²) in [6.07, 6.45) is -0.395. The lowest BCUT2D eigenvalue weighted by Gasteiger charge is -2.27. The summed E-state index contributed by atoms with van der Waals surface area (Å²) >= 11 is 0. The Kier molecular flexibility index (Phi) is 3.80. The van der Waals surface area contributed by atoms with Crippen molar-refractivity contribution in [2.75, 3.05) is 13.8 Å². The van der Waals surface area contributed by atoms with Gasteiger partial charge in [-0.2, -0.15) is 0 Å². The monoisotopic (exact) mass is 339 g/mol. The van der Waals surface area contributed by atoms with Gasteiger partial charge in [0.05, 0.1) is 5.56 Å². The molecule has 0 radical (unpaired) electrons. The van der Waals surface area contributed by atoms with Crippen molar-refractivity contribution in [3.05, 3.63) is 59.2 Å². The van der Waals surface area contributed by atoms with Crippen molar-refractivity contribution in [3.63, 3.8) is 0 Å². The Bertz CT molecular complexity index is 847. The molecular weight excluding hydrogens is 322 g/mol. The summed E-state index contributed by atoms with van der Waals surface area (Å²) in [6, 6.07) is 12.8. The highest BCUT2D eigenvalue weighted by atomic mass is 16.7. The highest BCUT2D eigenvalue weighted by Crippen LogP contribution is 2.32. The van der Waals surface area contributed by atoms with E-state index in [2.05, 4.69) is 0 Å². The molecule has 0 aliphatic carbocycles. The normalized spacial score (nSPS) is 17.6. The van der Waals surface area contributed by atoms with Gasteiger partial charge in [0.25, 0.3) is 5.91 Å². The van der Waals surface area contributed by atoms with Gasteiger partial charge in [0.2, 0.25) is 6.79 Å². The van der Waals surface area contributed by atoms with E-state index in [1.54, 1.807) is 24.1 Å². The van der Waals surface area contributed by atoms with Crippen molar-refractivity contribution >= 4 is 11.9 Å². The zero-order valence-corrected chi connectivity index (χ0v) is 13.7. The fourth-order valence-electron chi connectivity index (χ4n) is 3.11. The van der Waals surface area contributed by atoms with Gasteiger partial charge in [-0.05, 0) is 29.3 Å². The average Bonchev–Trinajstić information content (AvgIpc) is 3.08. The summed E-state index contributed by atoms with van der Waals surface area (Å²) in [4.78, 5) is 26.3. The highest BCUT2D eigenvalue weighted by molar-refractivity contribution is 5.95.